The summed E-state index contributed by atoms with van der Waals surface area (Å²) in [7, 11) is 1.67. The Morgan fingerprint density at radius 3 is 2.48 bits per heavy atom. The summed E-state index contributed by atoms with van der Waals surface area (Å²) in [5.41, 5.74) is 11.5. The number of benzene rings is 2. The summed E-state index contributed by atoms with van der Waals surface area (Å²) in [6.07, 6.45) is 6.07. The second kappa shape index (κ2) is 13.6. The fourth-order valence-electron chi connectivity index (χ4n) is 5.81. The predicted molar refractivity (Wildman–Crippen MR) is 172 cm³/mol. The molecule has 0 spiro atoms. The number of H-pyrrole nitrogens is 1. The number of halogens is 1. The first-order valence-electron chi connectivity index (χ1n) is 14.9. The van der Waals surface area contributed by atoms with Crippen LogP contribution in [0.4, 0.5) is 5.69 Å². The van der Waals surface area contributed by atoms with Crippen molar-refractivity contribution in [2.75, 3.05) is 65.2 Å². The zero-order valence-electron chi connectivity index (χ0n) is 24.8. The lowest BCUT2D eigenvalue weighted by molar-refractivity contribution is 0.0624. The molecule has 5 rings (SSSR count). The van der Waals surface area contributed by atoms with Gasteiger partial charge >= 0.3 is 0 Å². The number of carbonyl (C=O) groups is 1. The number of nitrogen functional groups attached to an aromatic ring is 1. The van der Waals surface area contributed by atoms with Gasteiger partial charge in [0.25, 0.3) is 5.91 Å². The highest BCUT2D eigenvalue weighted by Gasteiger charge is 2.25. The van der Waals surface area contributed by atoms with Crippen molar-refractivity contribution in [2.24, 2.45) is 0 Å². The molecule has 9 heteroatoms. The Labute approximate surface area is 253 Å². The minimum atomic E-state index is -0.0834. The summed E-state index contributed by atoms with van der Waals surface area (Å²) in [4.78, 5) is 28.5. The van der Waals surface area contributed by atoms with Gasteiger partial charge in [-0.3, -0.25) is 9.69 Å². The van der Waals surface area contributed by atoms with Crippen molar-refractivity contribution >= 4 is 34.2 Å². The standard InChI is InChI=1S/C33H41ClN6O2/c1-4-10-38(11-5-2)12-13-39-14-16-40(17-15-39)33(41)27-18-23(20-29(34)31(27)35)24-19-26-28(22-37-32(26)36-21-24)25-8-6-7-9-30(25)42-3/h6-9,18-22H,4-5,10-17,35H2,1-3H3,(H,36,37). The summed E-state index contributed by atoms with van der Waals surface area (Å²) in [5.74, 6) is 0.700. The third kappa shape index (κ3) is 6.41. The Morgan fingerprint density at radius 2 is 1.76 bits per heavy atom. The van der Waals surface area contributed by atoms with E-state index >= 15 is 0 Å². The number of fused-ring (bicyclic) bond motifs is 1. The number of pyridine rings is 1. The van der Waals surface area contributed by atoms with Crippen LogP contribution in [0, 0.1) is 0 Å². The predicted octanol–water partition coefficient (Wildman–Crippen LogP) is 6.02. The minimum absolute atomic E-state index is 0.0834. The summed E-state index contributed by atoms with van der Waals surface area (Å²) in [5, 5.41) is 1.31. The summed E-state index contributed by atoms with van der Waals surface area (Å²) in [6.45, 7) is 11.9. The van der Waals surface area contributed by atoms with Crippen LogP contribution >= 0.6 is 11.6 Å². The highest BCUT2D eigenvalue weighted by Crippen LogP contribution is 2.37. The topological polar surface area (TPSA) is 90.7 Å². The van der Waals surface area contributed by atoms with Crippen LogP contribution in [0.1, 0.15) is 37.0 Å². The van der Waals surface area contributed by atoms with E-state index in [9.17, 15) is 4.79 Å². The first-order valence-corrected chi connectivity index (χ1v) is 15.2. The third-order valence-electron chi connectivity index (χ3n) is 8.09. The number of piperazine rings is 1. The van der Waals surface area contributed by atoms with E-state index in [1.165, 1.54) is 12.8 Å². The molecule has 222 valence electrons. The van der Waals surface area contributed by atoms with Crippen LogP contribution in [-0.4, -0.2) is 90.0 Å². The van der Waals surface area contributed by atoms with Gasteiger partial charge in [-0.15, -0.1) is 0 Å². The number of rotatable bonds is 11. The highest BCUT2D eigenvalue weighted by atomic mass is 35.5. The molecule has 1 fully saturated rings. The third-order valence-corrected chi connectivity index (χ3v) is 8.41. The maximum atomic E-state index is 13.7. The first kappa shape index (κ1) is 29.9. The largest absolute Gasteiger partial charge is 0.496 e. The number of aromatic nitrogens is 2. The number of amides is 1. The van der Waals surface area contributed by atoms with E-state index in [1.54, 1.807) is 13.3 Å². The Balaban J connectivity index is 1.34. The number of anilines is 1. The minimum Gasteiger partial charge on any atom is -0.496 e. The van der Waals surface area contributed by atoms with Crippen molar-refractivity contribution in [3.05, 3.63) is 65.4 Å². The molecule has 2 aromatic carbocycles. The van der Waals surface area contributed by atoms with Crippen molar-refractivity contribution < 1.29 is 9.53 Å². The Kier molecular flexibility index (Phi) is 9.67. The van der Waals surface area contributed by atoms with Crippen LogP contribution in [0.5, 0.6) is 5.75 Å². The molecular weight excluding hydrogens is 548 g/mol. The van der Waals surface area contributed by atoms with Gasteiger partial charge in [-0.1, -0.05) is 43.6 Å². The summed E-state index contributed by atoms with van der Waals surface area (Å²) in [6, 6.07) is 13.6. The monoisotopic (exact) mass is 588 g/mol. The average molecular weight is 589 g/mol. The Hall–Kier alpha value is -3.59. The molecule has 1 aliphatic heterocycles. The lowest BCUT2D eigenvalue weighted by Gasteiger charge is -2.36. The van der Waals surface area contributed by atoms with Crippen molar-refractivity contribution in [1.29, 1.82) is 0 Å². The number of aromatic amines is 1. The molecule has 0 aliphatic carbocycles. The van der Waals surface area contributed by atoms with E-state index in [0.717, 1.165) is 78.3 Å². The van der Waals surface area contributed by atoms with Crippen LogP contribution < -0.4 is 10.5 Å². The van der Waals surface area contributed by atoms with E-state index in [0.29, 0.717) is 29.4 Å². The van der Waals surface area contributed by atoms with Crippen LogP contribution in [0.2, 0.25) is 5.02 Å². The van der Waals surface area contributed by atoms with Gasteiger partial charge in [0, 0.05) is 73.7 Å². The van der Waals surface area contributed by atoms with Crippen molar-refractivity contribution in [1.82, 2.24) is 24.7 Å². The molecule has 42 heavy (non-hydrogen) atoms. The number of nitrogens with two attached hydrogens (primary N) is 1. The fourth-order valence-corrected chi connectivity index (χ4v) is 6.03. The van der Waals surface area contributed by atoms with Crippen LogP contribution in [-0.2, 0) is 0 Å². The quantitative estimate of drug-likeness (QED) is 0.208. The molecule has 0 unspecified atom stereocenters. The SMILES string of the molecule is CCCN(CCC)CCN1CCN(C(=O)c2cc(-c3cnc4[nH]cc(-c5ccccc5OC)c4c3)cc(Cl)c2N)CC1. The molecule has 0 radical (unpaired) electrons. The van der Waals surface area contributed by atoms with Gasteiger partial charge in [-0.05, 0) is 55.8 Å². The van der Waals surface area contributed by atoms with Crippen LogP contribution in [0.25, 0.3) is 33.3 Å². The molecule has 1 saturated heterocycles. The molecule has 3 heterocycles. The van der Waals surface area contributed by atoms with Gasteiger partial charge in [0.1, 0.15) is 11.4 Å². The lowest BCUT2D eigenvalue weighted by Crippen LogP contribution is -2.50. The molecule has 8 nitrogen and oxygen atoms in total. The van der Waals surface area contributed by atoms with Gasteiger partial charge in [0.15, 0.2) is 0 Å². The molecule has 1 aliphatic rings. The maximum absolute atomic E-state index is 13.7. The number of ether oxygens (including phenoxy) is 1. The second-order valence-corrected chi connectivity index (χ2v) is 11.3. The molecule has 4 aromatic rings. The molecule has 1 amide bonds. The molecule has 0 atom stereocenters. The number of hydrogen-bond acceptors (Lipinski definition) is 6. The number of para-hydroxylation sites is 1. The van der Waals surface area contributed by atoms with Gasteiger partial charge in [-0.25, -0.2) is 4.98 Å². The second-order valence-electron chi connectivity index (χ2n) is 10.9. The Morgan fingerprint density at radius 1 is 1.02 bits per heavy atom. The summed E-state index contributed by atoms with van der Waals surface area (Å²) >= 11 is 6.61. The van der Waals surface area contributed by atoms with Gasteiger partial charge in [0.2, 0.25) is 0 Å². The van der Waals surface area contributed by atoms with E-state index in [4.69, 9.17) is 22.1 Å². The average Bonchev–Trinajstić information content (AvgIpc) is 3.44. The Bertz CT molecular complexity index is 1520. The number of hydrogen-bond donors (Lipinski definition) is 2. The lowest BCUT2D eigenvalue weighted by atomic mass is 9.99. The zero-order valence-corrected chi connectivity index (χ0v) is 25.6. The van der Waals surface area contributed by atoms with Gasteiger partial charge in [-0.2, -0.15) is 0 Å². The number of methoxy groups -OCH3 is 1. The van der Waals surface area contributed by atoms with Gasteiger partial charge in [0.05, 0.1) is 23.4 Å². The summed E-state index contributed by atoms with van der Waals surface area (Å²) < 4.78 is 5.60. The number of carbonyl (C=O) groups excluding carboxylic acids is 1. The fraction of sp³-hybridized carbons (Fsp3) is 0.394. The van der Waals surface area contributed by atoms with E-state index < -0.39 is 0 Å². The van der Waals surface area contributed by atoms with E-state index in [1.807, 2.05) is 47.5 Å². The highest BCUT2D eigenvalue weighted by molar-refractivity contribution is 6.34. The number of nitrogens with zero attached hydrogens (tertiary/aromatic N) is 4. The van der Waals surface area contributed by atoms with E-state index in [2.05, 4.69) is 39.7 Å². The molecule has 2 aromatic heterocycles. The first-order chi connectivity index (χ1) is 20.4. The van der Waals surface area contributed by atoms with Gasteiger partial charge < -0.3 is 25.3 Å². The van der Waals surface area contributed by atoms with Crippen LogP contribution in [0.15, 0.2) is 54.9 Å². The maximum Gasteiger partial charge on any atom is 0.256 e. The molecule has 3 N–H and O–H groups in total. The molecule has 0 bridgehead atoms. The zero-order chi connectivity index (χ0) is 29.6. The van der Waals surface area contributed by atoms with Crippen molar-refractivity contribution in [2.45, 2.75) is 26.7 Å². The normalized spacial score (nSPS) is 14.2. The molecular formula is C33H41ClN6O2. The van der Waals surface area contributed by atoms with E-state index in [-0.39, 0.29) is 5.91 Å². The van der Waals surface area contributed by atoms with Crippen LogP contribution in [0.3, 0.4) is 0 Å². The van der Waals surface area contributed by atoms with Crippen molar-refractivity contribution in [3.63, 3.8) is 0 Å². The van der Waals surface area contributed by atoms with Crippen molar-refractivity contribution in [3.8, 4) is 28.0 Å². The smallest absolute Gasteiger partial charge is 0.256 e. The molecule has 0 saturated carbocycles. The number of nitrogens with one attached hydrogen (secondary N) is 1.